The Labute approximate surface area is 89.7 Å². The van der Waals surface area contributed by atoms with Gasteiger partial charge in [-0.1, -0.05) is 0 Å². The fourth-order valence-corrected chi connectivity index (χ4v) is 3.36. The molecule has 1 aliphatic rings. The molecule has 0 atom stereocenters. The van der Waals surface area contributed by atoms with Gasteiger partial charge in [-0.2, -0.15) is 0 Å². The highest BCUT2D eigenvalue weighted by atomic mass is 79.9. The zero-order valence-corrected chi connectivity index (χ0v) is 9.53. The average molecular weight is 263 g/mol. The topological polar surface area (TPSA) is 29.5 Å². The van der Waals surface area contributed by atoms with Gasteiger partial charge in [-0.05, 0) is 40.2 Å². The molecule has 0 spiro atoms. The monoisotopic (exact) mass is 262 g/mol. The summed E-state index contributed by atoms with van der Waals surface area (Å²) in [5.41, 5.74) is -0.0737. The van der Waals surface area contributed by atoms with Crippen LogP contribution in [0.4, 0.5) is 0 Å². The first-order valence-electron chi connectivity index (χ1n) is 4.27. The maximum absolute atomic E-state index is 8.69. The molecule has 0 aromatic carbocycles. The maximum Gasteiger partial charge on any atom is 0.104 e. The third-order valence-corrected chi connectivity index (χ3v) is 4.23. The molecule has 1 aliphatic carbocycles. The van der Waals surface area contributed by atoms with E-state index >= 15 is 0 Å². The summed E-state index contributed by atoms with van der Waals surface area (Å²) in [5.74, 6) is 0. The Hall–Kier alpha value is 0.100. The summed E-state index contributed by atoms with van der Waals surface area (Å²) in [6.45, 7) is 0.537. The number of ether oxygens (including phenoxy) is 1. The Kier molecular flexibility index (Phi) is 2.74. The first-order chi connectivity index (χ1) is 6.28. The van der Waals surface area contributed by atoms with Gasteiger partial charge in [-0.15, -0.1) is 11.3 Å². The number of hydrogen-bond donors (Lipinski definition) is 1. The minimum absolute atomic E-state index is 0.0737. The van der Waals surface area contributed by atoms with E-state index in [0.717, 1.165) is 17.3 Å². The predicted octanol–water partition coefficient (Wildman–Crippen LogP) is 2.51. The van der Waals surface area contributed by atoms with Gasteiger partial charge < -0.3 is 9.84 Å². The minimum Gasteiger partial charge on any atom is -0.394 e. The molecule has 1 saturated carbocycles. The normalized spacial score (nSPS) is 18.9. The lowest BCUT2D eigenvalue weighted by atomic mass is 10.3. The zero-order chi connectivity index (χ0) is 9.31. The molecule has 0 saturated heterocycles. The molecule has 2 nitrogen and oxygen atoms in total. The molecule has 1 fully saturated rings. The van der Waals surface area contributed by atoms with Crippen molar-refractivity contribution in [3.8, 4) is 0 Å². The van der Waals surface area contributed by atoms with E-state index in [9.17, 15) is 0 Å². The number of hydrogen-bond acceptors (Lipinski definition) is 3. The second kappa shape index (κ2) is 3.69. The fourth-order valence-electron chi connectivity index (χ4n) is 1.41. The summed E-state index contributed by atoms with van der Waals surface area (Å²) in [7, 11) is 0. The largest absolute Gasteiger partial charge is 0.394 e. The molecule has 1 aromatic heterocycles. The molecule has 0 unspecified atom stereocenters. The van der Waals surface area contributed by atoms with Crippen LogP contribution in [-0.4, -0.2) is 18.3 Å². The van der Waals surface area contributed by atoms with Crippen LogP contribution in [0.15, 0.2) is 15.9 Å². The van der Waals surface area contributed by atoms with Crippen LogP contribution in [0.1, 0.15) is 17.7 Å². The van der Waals surface area contributed by atoms with Crippen LogP contribution in [0, 0.1) is 0 Å². The van der Waals surface area contributed by atoms with Gasteiger partial charge in [0, 0.05) is 4.47 Å². The van der Waals surface area contributed by atoms with Crippen LogP contribution < -0.4 is 0 Å². The van der Waals surface area contributed by atoms with E-state index < -0.39 is 0 Å². The zero-order valence-electron chi connectivity index (χ0n) is 7.12. The van der Waals surface area contributed by atoms with E-state index in [0.29, 0.717) is 6.61 Å². The van der Waals surface area contributed by atoms with Gasteiger partial charge in [0.1, 0.15) is 5.60 Å². The number of rotatable bonds is 4. The van der Waals surface area contributed by atoms with Gasteiger partial charge >= 0.3 is 0 Å². The van der Waals surface area contributed by atoms with E-state index in [1.54, 1.807) is 11.3 Å². The standard InChI is InChI=1S/C9H11BrO2S/c10-7-1-6-13-8(7)9(2-3-9)12-5-4-11/h1,6,11H,2-5H2. The van der Waals surface area contributed by atoms with E-state index in [4.69, 9.17) is 9.84 Å². The van der Waals surface area contributed by atoms with Gasteiger partial charge in [0.2, 0.25) is 0 Å². The summed E-state index contributed by atoms with van der Waals surface area (Å²) in [6, 6.07) is 2.04. The molecule has 0 radical (unpaired) electrons. The lowest BCUT2D eigenvalue weighted by molar-refractivity contribution is 0.0101. The van der Waals surface area contributed by atoms with E-state index in [1.165, 1.54) is 4.88 Å². The average Bonchev–Trinajstić information content (AvgIpc) is 2.80. The second-order valence-corrected chi connectivity index (χ2v) is 4.93. The van der Waals surface area contributed by atoms with E-state index in [1.807, 2.05) is 6.07 Å². The predicted molar refractivity (Wildman–Crippen MR) is 56.0 cm³/mol. The highest BCUT2D eigenvalue weighted by Gasteiger charge is 2.47. The fraction of sp³-hybridized carbons (Fsp3) is 0.556. The summed E-state index contributed by atoms with van der Waals surface area (Å²) in [6.07, 6.45) is 2.15. The Morgan fingerprint density at radius 2 is 2.38 bits per heavy atom. The molecule has 4 heteroatoms. The SMILES string of the molecule is OCCOC1(c2sccc2Br)CC1. The van der Waals surface area contributed by atoms with Crippen LogP contribution >= 0.6 is 27.3 Å². The van der Waals surface area contributed by atoms with Crippen molar-refractivity contribution in [2.75, 3.05) is 13.2 Å². The van der Waals surface area contributed by atoms with E-state index in [2.05, 4.69) is 21.3 Å². The van der Waals surface area contributed by atoms with Crippen molar-refractivity contribution in [1.82, 2.24) is 0 Å². The molecule has 0 amide bonds. The van der Waals surface area contributed by atoms with Crippen molar-refractivity contribution in [2.24, 2.45) is 0 Å². The van der Waals surface area contributed by atoms with Crippen LogP contribution in [0.3, 0.4) is 0 Å². The lowest BCUT2D eigenvalue weighted by Gasteiger charge is -2.14. The molecule has 0 bridgehead atoms. The molecule has 72 valence electrons. The van der Waals surface area contributed by atoms with Crippen LogP contribution in [-0.2, 0) is 10.3 Å². The maximum atomic E-state index is 8.69. The molecular weight excluding hydrogens is 252 g/mol. The minimum atomic E-state index is -0.0737. The summed E-state index contributed by atoms with van der Waals surface area (Å²) in [4.78, 5) is 1.26. The smallest absolute Gasteiger partial charge is 0.104 e. The van der Waals surface area contributed by atoms with Gasteiger partial charge in [-0.25, -0.2) is 0 Å². The van der Waals surface area contributed by atoms with Crippen molar-refractivity contribution < 1.29 is 9.84 Å². The van der Waals surface area contributed by atoms with Crippen molar-refractivity contribution in [1.29, 1.82) is 0 Å². The number of halogens is 1. The summed E-state index contributed by atoms with van der Waals surface area (Å²) >= 11 is 5.22. The van der Waals surface area contributed by atoms with Gasteiger partial charge in [0.25, 0.3) is 0 Å². The Bertz CT molecular complexity index is 294. The van der Waals surface area contributed by atoms with Crippen molar-refractivity contribution in [3.05, 3.63) is 20.8 Å². The van der Waals surface area contributed by atoms with Crippen LogP contribution in [0.5, 0.6) is 0 Å². The number of aliphatic hydroxyl groups is 1. The number of aliphatic hydroxyl groups excluding tert-OH is 1. The van der Waals surface area contributed by atoms with Crippen molar-refractivity contribution in [2.45, 2.75) is 18.4 Å². The Balaban J connectivity index is 2.11. The first kappa shape index (κ1) is 9.65. The second-order valence-electron chi connectivity index (χ2n) is 3.16. The molecule has 1 heterocycles. The molecule has 2 rings (SSSR count). The first-order valence-corrected chi connectivity index (χ1v) is 5.94. The molecular formula is C9H11BrO2S. The van der Waals surface area contributed by atoms with E-state index in [-0.39, 0.29) is 12.2 Å². The van der Waals surface area contributed by atoms with Crippen LogP contribution in [0.25, 0.3) is 0 Å². The highest BCUT2D eigenvalue weighted by molar-refractivity contribution is 9.10. The summed E-state index contributed by atoms with van der Waals surface area (Å²) < 4.78 is 6.78. The summed E-state index contributed by atoms with van der Waals surface area (Å²) in [5, 5.41) is 10.7. The van der Waals surface area contributed by atoms with Gasteiger partial charge in [0.15, 0.2) is 0 Å². The Morgan fingerprint density at radius 1 is 1.62 bits per heavy atom. The third kappa shape index (κ3) is 1.81. The number of thiophene rings is 1. The van der Waals surface area contributed by atoms with Gasteiger partial charge in [0.05, 0.1) is 18.1 Å². The molecule has 1 aromatic rings. The molecule has 13 heavy (non-hydrogen) atoms. The highest BCUT2D eigenvalue weighted by Crippen LogP contribution is 2.53. The van der Waals surface area contributed by atoms with Crippen LogP contribution in [0.2, 0.25) is 0 Å². The molecule has 0 aliphatic heterocycles. The van der Waals surface area contributed by atoms with Crippen molar-refractivity contribution in [3.63, 3.8) is 0 Å². The molecule has 1 N–H and O–H groups in total. The lowest BCUT2D eigenvalue weighted by Crippen LogP contribution is -2.13. The third-order valence-electron chi connectivity index (χ3n) is 2.20. The quantitative estimate of drug-likeness (QED) is 0.904. The Morgan fingerprint density at radius 3 is 2.85 bits per heavy atom. The van der Waals surface area contributed by atoms with Crippen molar-refractivity contribution >= 4 is 27.3 Å². The van der Waals surface area contributed by atoms with Gasteiger partial charge in [-0.3, -0.25) is 0 Å².